The van der Waals surface area contributed by atoms with E-state index in [4.69, 9.17) is 11.6 Å². The summed E-state index contributed by atoms with van der Waals surface area (Å²) in [6.45, 7) is 6.59. The van der Waals surface area contributed by atoms with Gasteiger partial charge in [-0.05, 0) is 43.5 Å². The Bertz CT molecular complexity index is 668. The molecule has 0 heterocycles. The molecule has 0 aliphatic carbocycles. The molecule has 23 heavy (non-hydrogen) atoms. The summed E-state index contributed by atoms with van der Waals surface area (Å²) in [5, 5.41) is 5.81. The van der Waals surface area contributed by atoms with Crippen molar-refractivity contribution in [3.8, 4) is 0 Å². The van der Waals surface area contributed by atoms with Crippen molar-refractivity contribution in [2.75, 3.05) is 11.9 Å². The van der Waals surface area contributed by atoms with Gasteiger partial charge >= 0.3 is 0 Å². The average Bonchev–Trinajstić information content (AvgIpc) is 2.55. The third-order valence-corrected chi connectivity index (χ3v) is 4.31. The van der Waals surface area contributed by atoms with Gasteiger partial charge in [0.2, 0.25) is 0 Å². The van der Waals surface area contributed by atoms with E-state index in [1.807, 2.05) is 48.6 Å². The second-order valence-corrected chi connectivity index (χ2v) is 6.23. The Morgan fingerprint density at radius 2 is 1.91 bits per heavy atom. The van der Waals surface area contributed by atoms with Crippen LogP contribution in [0.15, 0.2) is 42.5 Å². The van der Waals surface area contributed by atoms with Crippen molar-refractivity contribution >= 4 is 23.2 Å². The predicted octanol–water partition coefficient (Wildman–Crippen LogP) is 3.47. The molecule has 1 atom stereocenters. The van der Waals surface area contributed by atoms with Crippen LogP contribution in [0.4, 0.5) is 5.69 Å². The number of rotatable bonds is 6. The van der Waals surface area contributed by atoms with Crippen LogP contribution < -0.4 is 10.6 Å². The topological polar surface area (TPSA) is 45.7 Å². The molecule has 0 fully saturated rings. The molecule has 4 heteroatoms. The SMILES string of the molecule is CCc1cccc(C)c1NC(=O)C[NH2+][C@H](C)c1ccc(Cl)cc1. The highest BCUT2D eigenvalue weighted by Gasteiger charge is 2.13. The van der Waals surface area contributed by atoms with Gasteiger partial charge in [0.25, 0.3) is 5.91 Å². The van der Waals surface area contributed by atoms with Crippen molar-refractivity contribution in [2.45, 2.75) is 33.2 Å². The fraction of sp³-hybridized carbons (Fsp3) is 0.316. The molecule has 122 valence electrons. The minimum Gasteiger partial charge on any atom is -0.333 e. The van der Waals surface area contributed by atoms with Crippen LogP contribution in [0.5, 0.6) is 0 Å². The molecular weight excluding hydrogens is 308 g/mol. The van der Waals surface area contributed by atoms with Crippen LogP contribution in [-0.2, 0) is 11.2 Å². The number of carbonyl (C=O) groups is 1. The summed E-state index contributed by atoms with van der Waals surface area (Å²) >= 11 is 5.90. The zero-order chi connectivity index (χ0) is 16.8. The quantitative estimate of drug-likeness (QED) is 0.836. The molecule has 2 aromatic rings. The van der Waals surface area contributed by atoms with E-state index in [2.05, 4.69) is 25.2 Å². The van der Waals surface area contributed by atoms with E-state index in [9.17, 15) is 4.79 Å². The number of amides is 1. The zero-order valence-corrected chi connectivity index (χ0v) is 14.7. The van der Waals surface area contributed by atoms with Gasteiger partial charge in [-0.2, -0.15) is 0 Å². The zero-order valence-electron chi connectivity index (χ0n) is 13.9. The van der Waals surface area contributed by atoms with Crippen LogP contribution in [0.3, 0.4) is 0 Å². The maximum atomic E-state index is 12.3. The number of carbonyl (C=O) groups excluding carboxylic acids is 1. The Morgan fingerprint density at radius 1 is 1.22 bits per heavy atom. The summed E-state index contributed by atoms with van der Waals surface area (Å²) < 4.78 is 0. The maximum Gasteiger partial charge on any atom is 0.279 e. The Balaban J connectivity index is 1.94. The minimum absolute atomic E-state index is 0.0230. The molecule has 3 nitrogen and oxygen atoms in total. The number of aryl methyl sites for hydroxylation is 2. The standard InChI is InChI=1S/C19H23ClN2O/c1-4-15-7-5-6-13(2)19(15)22-18(23)12-21-14(3)16-8-10-17(20)11-9-16/h5-11,14,21H,4,12H2,1-3H3,(H,22,23)/p+1/t14-/m1/s1. The highest BCUT2D eigenvalue weighted by molar-refractivity contribution is 6.30. The molecule has 2 rings (SSSR count). The summed E-state index contributed by atoms with van der Waals surface area (Å²) in [6.07, 6.45) is 0.905. The molecular formula is C19H24ClN2O+. The second kappa shape index (κ2) is 8.14. The summed E-state index contributed by atoms with van der Waals surface area (Å²) in [7, 11) is 0. The molecule has 0 radical (unpaired) electrons. The van der Waals surface area contributed by atoms with Crippen LogP contribution in [0, 0.1) is 6.92 Å². The largest absolute Gasteiger partial charge is 0.333 e. The van der Waals surface area contributed by atoms with Crippen molar-refractivity contribution in [2.24, 2.45) is 0 Å². The number of nitrogens with one attached hydrogen (secondary N) is 1. The van der Waals surface area contributed by atoms with Gasteiger partial charge in [0, 0.05) is 16.3 Å². The Hall–Kier alpha value is -1.84. The van der Waals surface area contributed by atoms with Crippen molar-refractivity contribution in [1.29, 1.82) is 0 Å². The molecule has 0 saturated heterocycles. The molecule has 0 saturated carbocycles. The highest BCUT2D eigenvalue weighted by atomic mass is 35.5. The molecule has 2 aromatic carbocycles. The number of benzene rings is 2. The fourth-order valence-corrected chi connectivity index (χ4v) is 2.70. The first-order valence-corrected chi connectivity index (χ1v) is 8.36. The summed E-state index contributed by atoms with van der Waals surface area (Å²) in [4.78, 5) is 12.3. The first-order valence-electron chi connectivity index (χ1n) is 7.98. The number of halogens is 1. The summed E-state index contributed by atoms with van der Waals surface area (Å²) in [5.74, 6) is 0.0230. The van der Waals surface area contributed by atoms with Crippen LogP contribution in [0.1, 0.15) is 36.6 Å². The van der Waals surface area contributed by atoms with E-state index in [-0.39, 0.29) is 11.9 Å². The van der Waals surface area contributed by atoms with Crippen LogP contribution in [0.25, 0.3) is 0 Å². The monoisotopic (exact) mass is 331 g/mol. The number of hydrogen-bond acceptors (Lipinski definition) is 1. The van der Waals surface area contributed by atoms with Crippen molar-refractivity contribution in [1.82, 2.24) is 0 Å². The van der Waals surface area contributed by atoms with Crippen LogP contribution >= 0.6 is 11.6 Å². The Morgan fingerprint density at radius 3 is 2.57 bits per heavy atom. The molecule has 0 spiro atoms. The van der Waals surface area contributed by atoms with E-state index < -0.39 is 0 Å². The van der Waals surface area contributed by atoms with E-state index in [1.165, 1.54) is 5.56 Å². The van der Waals surface area contributed by atoms with Gasteiger partial charge in [0.05, 0.1) is 0 Å². The lowest BCUT2D eigenvalue weighted by Crippen LogP contribution is -2.86. The number of nitrogens with two attached hydrogens (primary N) is 1. The lowest BCUT2D eigenvalue weighted by Gasteiger charge is -2.14. The van der Waals surface area contributed by atoms with Gasteiger partial charge < -0.3 is 10.6 Å². The number of hydrogen-bond donors (Lipinski definition) is 2. The predicted molar refractivity (Wildman–Crippen MR) is 95.8 cm³/mol. The van der Waals surface area contributed by atoms with Gasteiger partial charge in [-0.1, -0.05) is 48.9 Å². The first kappa shape index (κ1) is 17.5. The maximum absolute atomic E-state index is 12.3. The second-order valence-electron chi connectivity index (χ2n) is 5.79. The fourth-order valence-electron chi connectivity index (χ4n) is 2.58. The molecule has 1 amide bonds. The van der Waals surface area contributed by atoms with Crippen molar-refractivity contribution in [3.63, 3.8) is 0 Å². The molecule has 0 aliphatic heterocycles. The van der Waals surface area contributed by atoms with Gasteiger partial charge in [0.15, 0.2) is 6.54 Å². The van der Waals surface area contributed by atoms with Gasteiger partial charge in [-0.25, -0.2) is 0 Å². The normalized spacial score (nSPS) is 12.0. The van der Waals surface area contributed by atoms with Gasteiger partial charge in [-0.3, -0.25) is 4.79 Å². The number of quaternary nitrogens is 1. The Kier molecular flexibility index (Phi) is 6.20. The van der Waals surface area contributed by atoms with Gasteiger partial charge in [0.1, 0.15) is 6.04 Å². The van der Waals surface area contributed by atoms with Crippen molar-refractivity contribution < 1.29 is 10.1 Å². The molecule has 0 bridgehead atoms. The van der Waals surface area contributed by atoms with E-state index in [0.29, 0.717) is 6.54 Å². The minimum atomic E-state index is 0.0230. The summed E-state index contributed by atoms with van der Waals surface area (Å²) in [5.41, 5.74) is 4.38. The van der Waals surface area contributed by atoms with Crippen molar-refractivity contribution in [3.05, 3.63) is 64.2 Å². The third kappa shape index (κ3) is 4.81. The van der Waals surface area contributed by atoms with E-state index in [1.54, 1.807) is 0 Å². The molecule has 0 unspecified atom stereocenters. The van der Waals surface area contributed by atoms with Gasteiger partial charge in [-0.15, -0.1) is 0 Å². The molecule has 0 aromatic heterocycles. The van der Waals surface area contributed by atoms with E-state index >= 15 is 0 Å². The van der Waals surface area contributed by atoms with Crippen LogP contribution in [-0.4, -0.2) is 12.5 Å². The lowest BCUT2D eigenvalue weighted by molar-refractivity contribution is -0.682. The first-order chi connectivity index (χ1) is 11.0. The Labute approximate surface area is 143 Å². The number of anilines is 1. The number of para-hydroxylation sites is 1. The lowest BCUT2D eigenvalue weighted by atomic mass is 10.1. The van der Waals surface area contributed by atoms with E-state index in [0.717, 1.165) is 28.3 Å². The highest BCUT2D eigenvalue weighted by Crippen LogP contribution is 2.20. The smallest absolute Gasteiger partial charge is 0.279 e. The third-order valence-electron chi connectivity index (χ3n) is 4.06. The average molecular weight is 332 g/mol. The van der Waals surface area contributed by atoms with Crippen LogP contribution in [0.2, 0.25) is 5.02 Å². The molecule has 3 N–H and O–H groups in total. The molecule has 0 aliphatic rings. The summed E-state index contributed by atoms with van der Waals surface area (Å²) in [6, 6.07) is 14.1.